The molecule has 0 unspecified atom stereocenters. The first-order valence-corrected chi connectivity index (χ1v) is 13.3. The maximum absolute atomic E-state index is 4.77. The van der Waals surface area contributed by atoms with Crippen molar-refractivity contribution < 1.29 is 0 Å². The van der Waals surface area contributed by atoms with Crippen LogP contribution in [-0.2, 0) is 5.41 Å². The monoisotopic (exact) mass is 443 g/mol. The Morgan fingerprint density at radius 1 is 0.913 bits per heavy atom. The molecule has 2 radical (unpaired) electrons. The average molecular weight is 442 g/mol. The van der Waals surface area contributed by atoms with Crippen molar-refractivity contribution in [1.82, 2.24) is 4.98 Å². The van der Waals surface area contributed by atoms with Crippen LogP contribution in [0.5, 0.6) is 0 Å². The van der Waals surface area contributed by atoms with Crippen LogP contribution < -0.4 is 2.89 Å². The Morgan fingerprint density at radius 3 is 1.74 bits per heavy atom. The van der Waals surface area contributed by atoms with Gasteiger partial charge in [0, 0.05) is 0 Å². The summed E-state index contributed by atoms with van der Waals surface area (Å²) in [4.78, 5) is 4.77. The molecule has 0 saturated carbocycles. The van der Waals surface area contributed by atoms with Crippen LogP contribution >= 0.6 is 11.3 Å². The molecule has 1 nitrogen and oxygen atoms in total. The molecular formula is C20H37NSSn. The van der Waals surface area contributed by atoms with Gasteiger partial charge in [0.15, 0.2) is 0 Å². The minimum absolute atomic E-state index is 0.210. The number of thiazole rings is 1. The Labute approximate surface area is 159 Å². The van der Waals surface area contributed by atoms with Crippen LogP contribution in [0.1, 0.15) is 104 Å². The molecule has 0 saturated heterocycles. The van der Waals surface area contributed by atoms with Gasteiger partial charge in [-0.2, -0.15) is 0 Å². The molecule has 132 valence electrons. The molecule has 0 aliphatic rings. The van der Waals surface area contributed by atoms with Crippen molar-refractivity contribution in [2.45, 2.75) is 108 Å². The van der Waals surface area contributed by atoms with Gasteiger partial charge in [-0.05, 0) is 0 Å². The molecule has 0 spiro atoms. The quantitative estimate of drug-likeness (QED) is 0.357. The molecule has 0 aliphatic heterocycles. The third-order valence-electron chi connectivity index (χ3n) is 4.56. The number of unbranched alkanes of at least 4 members (excludes halogenated alkanes) is 3. The van der Waals surface area contributed by atoms with Crippen molar-refractivity contribution in [2.24, 2.45) is 0 Å². The zero-order valence-electron chi connectivity index (χ0n) is 16.3. The predicted octanol–water partition coefficient (Wildman–Crippen LogP) is 6.50. The Kier molecular flexibility index (Phi) is 9.73. The molecule has 0 aliphatic carbocycles. The van der Waals surface area contributed by atoms with Gasteiger partial charge in [-0.25, -0.2) is 0 Å². The zero-order chi connectivity index (χ0) is 17.3. The fraction of sp³-hybridized carbons (Fsp3) is 0.850. The first kappa shape index (κ1) is 21.5. The predicted molar refractivity (Wildman–Crippen MR) is 107 cm³/mol. The SMILES string of the molecule is CCCC[C](CCCC)(CCCC)[Sn][c]1cnc(C(C)(C)C)s1. The number of rotatable bonds is 11. The van der Waals surface area contributed by atoms with Gasteiger partial charge >= 0.3 is 160 Å². The molecule has 0 aromatic carbocycles. The van der Waals surface area contributed by atoms with Crippen LogP contribution in [0.3, 0.4) is 0 Å². The summed E-state index contributed by atoms with van der Waals surface area (Å²) in [6.07, 6.45) is 14.9. The van der Waals surface area contributed by atoms with Gasteiger partial charge in [0.05, 0.1) is 0 Å². The zero-order valence-corrected chi connectivity index (χ0v) is 20.0. The molecule has 0 amide bonds. The number of hydrogen-bond acceptors (Lipinski definition) is 2. The molecule has 1 rings (SSSR count). The first-order chi connectivity index (χ1) is 10.9. The molecule has 0 atom stereocenters. The van der Waals surface area contributed by atoms with E-state index in [-0.39, 0.29) is 5.41 Å². The molecule has 1 aromatic heterocycles. The summed E-state index contributed by atoms with van der Waals surface area (Å²) in [6.45, 7) is 13.9. The normalized spacial score (nSPS) is 12.8. The van der Waals surface area contributed by atoms with Gasteiger partial charge in [0.25, 0.3) is 0 Å². The van der Waals surface area contributed by atoms with Crippen molar-refractivity contribution in [1.29, 1.82) is 0 Å². The average Bonchev–Trinajstić information content (AvgIpc) is 2.97. The molecule has 1 aromatic rings. The van der Waals surface area contributed by atoms with Gasteiger partial charge in [-0.15, -0.1) is 0 Å². The van der Waals surface area contributed by atoms with Crippen LogP contribution in [0.4, 0.5) is 0 Å². The van der Waals surface area contributed by atoms with Gasteiger partial charge < -0.3 is 0 Å². The second-order valence-electron chi connectivity index (χ2n) is 8.00. The van der Waals surface area contributed by atoms with E-state index in [9.17, 15) is 0 Å². The van der Waals surface area contributed by atoms with E-state index < -0.39 is 21.1 Å². The van der Waals surface area contributed by atoms with Crippen molar-refractivity contribution in [2.75, 3.05) is 0 Å². The molecule has 0 N–H and O–H groups in total. The maximum atomic E-state index is 4.77. The van der Waals surface area contributed by atoms with Crippen LogP contribution in [0.15, 0.2) is 6.20 Å². The van der Waals surface area contributed by atoms with Crippen molar-refractivity contribution in [3.8, 4) is 0 Å². The van der Waals surface area contributed by atoms with Gasteiger partial charge in [0.2, 0.25) is 0 Å². The second kappa shape index (κ2) is 10.4. The number of hydrogen-bond donors (Lipinski definition) is 0. The molecule has 3 heteroatoms. The third-order valence-corrected chi connectivity index (χ3v) is 12.1. The minimum atomic E-state index is -0.582. The Balaban J connectivity index is 2.93. The topological polar surface area (TPSA) is 12.9 Å². The molecule has 1 heterocycles. The van der Waals surface area contributed by atoms with E-state index >= 15 is 0 Å². The second-order valence-corrected chi connectivity index (χ2v) is 15.3. The summed E-state index contributed by atoms with van der Waals surface area (Å²) >= 11 is 1.45. The number of aromatic nitrogens is 1. The van der Waals surface area contributed by atoms with Crippen molar-refractivity contribution >= 4 is 35.4 Å². The molecule has 0 fully saturated rings. The summed E-state index contributed by atoms with van der Waals surface area (Å²) in [5.41, 5.74) is 0.210. The van der Waals surface area contributed by atoms with Crippen LogP contribution in [0.25, 0.3) is 0 Å². The van der Waals surface area contributed by atoms with E-state index in [2.05, 4.69) is 47.7 Å². The van der Waals surface area contributed by atoms with E-state index in [0.29, 0.717) is 3.43 Å². The first-order valence-electron chi connectivity index (χ1n) is 9.61. The summed E-state index contributed by atoms with van der Waals surface area (Å²) in [6, 6.07) is 0. The van der Waals surface area contributed by atoms with Crippen LogP contribution in [0, 0.1) is 0 Å². The number of nitrogens with zero attached hydrogens (tertiary/aromatic N) is 1. The van der Waals surface area contributed by atoms with Gasteiger partial charge in [0.1, 0.15) is 0 Å². The summed E-state index contributed by atoms with van der Waals surface area (Å²) in [5, 5.41) is 1.34. The molecular weight excluding hydrogens is 405 g/mol. The Hall–Kier alpha value is 0.429. The summed E-state index contributed by atoms with van der Waals surface area (Å²) in [5.74, 6) is 0. The summed E-state index contributed by atoms with van der Waals surface area (Å²) in [7, 11) is 0. The van der Waals surface area contributed by atoms with E-state index in [1.54, 1.807) is 2.89 Å². The van der Waals surface area contributed by atoms with Crippen LogP contribution in [-0.4, -0.2) is 26.1 Å². The Morgan fingerprint density at radius 2 is 1.39 bits per heavy atom. The molecule has 0 bridgehead atoms. The third kappa shape index (κ3) is 7.46. The van der Waals surface area contributed by atoms with E-state index in [4.69, 9.17) is 4.98 Å². The fourth-order valence-corrected chi connectivity index (χ4v) is 11.0. The van der Waals surface area contributed by atoms with Crippen molar-refractivity contribution in [3.63, 3.8) is 0 Å². The van der Waals surface area contributed by atoms with Gasteiger partial charge in [-0.1, -0.05) is 0 Å². The van der Waals surface area contributed by atoms with Crippen molar-refractivity contribution in [3.05, 3.63) is 11.2 Å². The summed E-state index contributed by atoms with van der Waals surface area (Å²) < 4.78 is 2.37. The van der Waals surface area contributed by atoms with Crippen LogP contribution in [0.2, 0.25) is 3.43 Å². The van der Waals surface area contributed by atoms with E-state index in [0.717, 1.165) is 0 Å². The fourth-order valence-electron chi connectivity index (χ4n) is 3.05. The van der Waals surface area contributed by atoms with E-state index in [1.807, 2.05) is 11.3 Å². The van der Waals surface area contributed by atoms with Gasteiger partial charge in [-0.3, -0.25) is 0 Å². The van der Waals surface area contributed by atoms with E-state index in [1.165, 1.54) is 62.8 Å². The standard InChI is InChI=1S/C13H27.C7H10NS.Sn/c1-4-7-10-13(11-8-5-2)12-9-6-3;1-7(2,3)6-8-4-5-9-6;/h4-12H2,1-3H3;4H,1-3H3;. The Bertz CT molecular complexity index is 411. The molecule has 23 heavy (non-hydrogen) atoms.